The smallest absolute Gasteiger partial charge is 0.254 e. The Bertz CT molecular complexity index is 1020. The fourth-order valence-electron chi connectivity index (χ4n) is 2.94. The third-order valence-corrected chi connectivity index (χ3v) is 4.57. The second-order valence-corrected chi connectivity index (χ2v) is 6.76. The van der Waals surface area contributed by atoms with E-state index in [1.165, 1.54) is 11.1 Å². The SMILES string of the molecule is CCN(CC(=O)Nc1cccc(OC)c1)C(=O)c1ccnc(OCc2ccccc2)c1. The number of carbonyl (C=O) groups excluding carboxylic acids is 2. The van der Waals surface area contributed by atoms with E-state index >= 15 is 0 Å². The van der Waals surface area contributed by atoms with Crippen LogP contribution in [0.2, 0.25) is 0 Å². The summed E-state index contributed by atoms with van der Waals surface area (Å²) in [6.45, 7) is 2.48. The Kier molecular flexibility index (Phi) is 7.59. The van der Waals surface area contributed by atoms with Crippen molar-refractivity contribution < 1.29 is 19.1 Å². The van der Waals surface area contributed by atoms with Gasteiger partial charge in [-0.2, -0.15) is 0 Å². The molecular formula is C24H25N3O4. The number of amides is 2. The van der Waals surface area contributed by atoms with Crippen LogP contribution >= 0.6 is 0 Å². The Hall–Kier alpha value is -3.87. The minimum atomic E-state index is -0.293. The molecule has 31 heavy (non-hydrogen) atoms. The molecule has 0 aliphatic carbocycles. The number of ether oxygens (including phenoxy) is 2. The van der Waals surface area contributed by atoms with Crippen LogP contribution in [-0.2, 0) is 11.4 Å². The van der Waals surface area contributed by atoms with E-state index in [-0.39, 0.29) is 18.4 Å². The number of nitrogens with zero attached hydrogens (tertiary/aromatic N) is 2. The summed E-state index contributed by atoms with van der Waals surface area (Å²) in [6, 6.07) is 20.0. The van der Waals surface area contributed by atoms with Crippen molar-refractivity contribution in [3.63, 3.8) is 0 Å². The molecule has 7 heteroatoms. The number of carbonyl (C=O) groups is 2. The number of methoxy groups -OCH3 is 1. The predicted molar refractivity (Wildman–Crippen MR) is 118 cm³/mol. The highest BCUT2D eigenvalue weighted by Gasteiger charge is 2.18. The molecule has 3 aromatic rings. The molecule has 1 heterocycles. The summed E-state index contributed by atoms with van der Waals surface area (Å²) in [5.41, 5.74) is 2.02. The van der Waals surface area contributed by atoms with Gasteiger partial charge in [-0.05, 0) is 30.7 Å². The Morgan fingerprint density at radius 3 is 2.58 bits per heavy atom. The molecule has 0 atom stereocenters. The van der Waals surface area contributed by atoms with Crippen LogP contribution in [0.15, 0.2) is 72.9 Å². The monoisotopic (exact) mass is 419 g/mol. The molecule has 0 unspecified atom stereocenters. The van der Waals surface area contributed by atoms with E-state index < -0.39 is 0 Å². The van der Waals surface area contributed by atoms with Gasteiger partial charge in [-0.25, -0.2) is 4.98 Å². The molecule has 0 aliphatic rings. The first-order valence-corrected chi connectivity index (χ1v) is 9.95. The maximum atomic E-state index is 12.9. The summed E-state index contributed by atoms with van der Waals surface area (Å²) in [5.74, 6) is 0.431. The minimum absolute atomic E-state index is 0.0743. The first kappa shape index (κ1) is 21.8. The summed E-state index contributed by atoms with van der Waals surface area (Å²) in [6.07, 6.45) is 1.53. The van der Waals surface area contributed by atoms with E-state index in [4.69, 9.17) is 9.47 Å². The summed E-state index contributed by atoms with van der Waals surface area (Å²) in [5, 5.41) is 2.79. The summed E-state index contributed by atoms with van der Waals surface area (Å²) < 4.78 is 10.9. The number of nitrogens with one attached hydrogen (secondary N) is 1. The van der Waals surface area contributed by atoms with Gasteiger partial charge in [0.1, 0.15) is 18.9 Å². The number of rotatable bonds is 9. The van der Waals surface area contributed by atoms with Crippen LogP contribution in [0, 0.1) is 0 Å². The highest BCUT2D eigenvalue weighted by Crippen LogP contribution is 2.17. The van der Waals surface area contributed by atoms with Crippen molar-refractivity contribution in [3.8, 4) is 11.6 Å². The molecule has 0 fully saturated rings. The van der Waals surface area contributed by atoms with E-state index in [0.29, 0.717) is 36.0 Å². The maximum absolute atomic E-state index is 12.9. The predicted octanol–water partition coefficient (Wildman–Crippen LogP) is 3.77. The number of hydrogen-bond donors (Lipinski definition) is 1. The first-order valence-electron chi connectivity index (χ1n) is 9.95. The van der Waals surface area contributed by atoms with Gasteiger partial charge in [0, 0.05) is 36.1 Å². The maximum Gasteiger partial charge on any atom is 0.254 e. The summed E-state index contributed by atoms with van der Waals surface area (Å²) in [4.78, 5) is 31.0. The highest BCUT2D eigenvalue weighted by atomic mass is 16.5. The molecule has 1 aromatic heterocycles. The van der Waals surface area contributed by atoms with Gasteiger partial charge in [-0.15, -0.1) is 0 Å². The van der Waals surface area contributed by atoms with Gasteiger partial charge in [0.25, 0.3) is 5.91 Å². The lowest BCUT2D eigenvalue weighted by molar-refractivity contribution is -0.116. The second-order valence-electron chi connectivity index (χ2n) is 6.76. The van der Waals surface area contributed by atoms with Crippen LogP contribution in [0.25, 0.3) is 0 Å². The average molecular weight is 419 g/mol. The molecule has 160 valence electrons. The summed E-state index contributed by atoms with van der Waals surface area (Å²) >= 11 is 0. The number of pyridine rings is 1. The van der Waals surface area contributed by atoms with Crippen LogP contribution in [-0.4, -0.2) is 41.9 Å². The largest absolute Gasteiger partial charge is 0.497 e. The molecule has 0 saturated heterocycles. The molecular weight excluding hydrogens is 394 g/mol. The van der Waals surface area contributed by atoms with Crippen LogP contribution in [0.1, 0.15) is 22.8 Å². The molecule has 7 nitrogen and oxygen atoms in total. The Morgan fingerprint density at radius 2 is 1.84 bits per heavy atom. The molecule has 0 aliphatic heterocycles. The van der Waals surface area contributed by atoms with E-state index in [0.717, 1.165) is 5.56 Å². The zero-order valence-electron chi connectivity index (χ0n) is 17.6. The van der Waals surface area contributed by atoms with Gasteiger partial charge in [0.15, 0.2) is 0 Å². The van der Waals surface area contributed by atoms with Crippen molar-refractivity contribution in [2.75, 3.05) is 25.5 Å². The van der Waals surface area contributed by atoms with Crippen molar-refractivity contribution >= 4 is 17.5 Å². The van der Waals surface area contributed by atoms with E-state index in [1.54, 1.807) is 43.5 Å². The topological polar surface area (TPSA) is 80.8 Å². The third kappa shape index (κ3) is 6.30. The van der Waals surface area contributed by atoms with E-state index in [9.17, 15) is 9.59 Å². The zero-order chi connectivity index (χ0) is 22.1. The van der Waals surface area contributed by atoms with Gasteiger partial charge >= 0.3 is 0 Å². The molecule has 0 saturated carbocycles. The molecule has 2 aromatic carbocycles. The second kappa shape index (κ2) is 10.8. The fourth-order valence-corrected chi connectivity index (χ4v) is 2.94. The highest BCUT2D eigenvalue weighted by molar-refractivity contribution is 5.99. The van der Waals surface area contributed by atoms with Gasteiger partial charge < -0.3 is 19.7 Å². The Labute approximate surface area is 181 Å². The van der Waals surface area contributed by atoms with Gasteiger partial charge in [-0.1, -0.05) is 36.4 Å². The van der Waals surface area contributed by atoms with Gasteiger partial charge in [0.2, 0.25) is 11.8 Å². The Morgan fingerprint density at radius 1 is 1.03 bits per heavy atom. The van der Waals surface area contributed by atoms with Crippen molar-refractivity contribution in [2.24, 2.45) is 0 Å². The standard InChI is InChI=1S/C24H25N3O4/c1-3-27(16-22(28)26-20-10-7-11-21(15-20)30-2)24(29)19-12-13-25-23(14-19)31-17-18-8-5-4-6-9-18/h4-15H,3,16-17H2,1-2H3,(H,26,28). The number of aromatic nitrogens is 1. The lowest BCUT2D eigenvalue weighted by Gasteiger charge is -2.20. The van der Waals surface area contributed by atoms with E-state index in [1.807, 2.05) is 37.3 Å². The number of anilines is 1. The normalized spacial score (nSPS) is 10.3. The molecule has 2 amide bonds. The molecule has 0 radical (unpaired) electrons. The molecule has 1 N–H and O–H groups in total. The van der Waals surface area contributed by atoms with Crippen LogP contribution in [0.4, 0.5) is 5.69 Å². The third-order valence-electron chi connectivity index (χ3n) is 4.57. The lowest BCUT2D eigenvalue weighted by Crippen LogP contribution is -2.37. The lowest BCUT2D eigenvalue weighted by atomic mass is 10.2. The van der Waals surface area contributed by atoms with Gasteiger partial charge in [0.05, 0.1) is 7.11 Å². The fraction of sp³-hybridized carbons (Fsp3) is 0.208. The summed E-state index contributed by atoms with van der Waals surface area (Å²) in [7, 11) is 1.56. The first-order chi connectivity index (χ1) is 15.1. The minimum Gasteiger partial charge on any atom is -0.497 e. The zero-order valence-corrected chi connectivity index (χ0v) is 17.6. The van der Waals surface area contributed by atoms with E-state index in [2.05, 4.69) is 10.3 Å². The van der Waals surface area contributed by atoms with Crippen molar-refractivity contribution in [3.05, 3.63) is 84.1 Å². The van der Waals surface area contributed by atoms with Crippen LogP contribution < -0.4 is 14.8 Å². The number of benzene rings is 2. The quantitative estimate of drug-likeness (QED) is 0.571. The average Bonchev–Trinajstić information content (AvgIpc) is 2.81. The van der Waals surface area contributed by atoms with Crippen LogP contribution in [0.5, 0.6) is 11.6 Å². The van der Waals surface area contributed by atoms with Crippen molar-refractivity contribution in [1.82, 2.24) is 9.88 Å². The van der Waals surface area contributed by atoms with Crippen molar-refractivity contribution in [2.45, 2.75) is 13.5 Å². The number of likely N-dealkylation sites (N-methyl/N-ethyl adjacent to an activating group) is 1. The Balaban J connectivity index is 1.62. The number of hydrogen-bond acceptors (Lipinski definition) is 5. The molecule has 0 bridgehead atoms. The molecule has 0 spiro atoms. The van der Waals surface area contributed by atoms with Crippen LogP contribution in [0.3, 0.4) is 0 Å². The molecule has 3 rings (SSSR count). The van der Waals surface area contributed by atoms with Crippen molar-refractivity contribution in [1.29, 1.82) is 0 Å². The van der Waals surface area contributed by atoms with Gasteiger partial charge in [-0.3, -0.25) is 9.59 Å².